The third-order valence-electron chi connectivity index (χ3n) is 3.75. The first-order chi connectivity index (χ1) is 11.1. The molecule has 0 radical (unpaired) electrons. The highest BCUT2D eigenvalue weighted by atomic mass is 32.1. The molecule has 3 rings (SSSR count). The lowest BCUT2D eigenvalue weighted by atomic mass is 10.1. The van der Waals surface area contributed by atoms with Gasteiger partial charge in [-0.15, -0.1) is 11.3 Å². The molecule has 0 aliphatic carbocycles. The van der Waals surface area contributed by atoms with Crippen LogP contribution in [0.2, 0.25) is 0 Å². The van der Waals surface area contributed by atoms with Crippen LogP contribution in [0.5, 0.6) is 5.88 Å². The van der Waals surface area contributed by atoms with E-state index >= 15 is 0 Å². The van der Waals surface area contributed by atoms with Gasteiger partial charge in [-0.05, 0) is 24.3 Å². The molecule has 1 unspecified atom stereocenters. The predicted octanol–water partition coefficient (Wildman–Crippen LogP) is 2.29. The SMILES string of the molecule is CN(C)c1nccnc1OC1CCCN(C(=O)c2cccs2)C1. The van der Waals surface area contributed by atoms with Gasteiger partial charge in [-0.1, -0.05) is 6.07 Å². The van der Waals surface area contributed by atoms with Gasteiger partial charge in [-0.3, -0.25) is 4.79 Å². The van der Waals surface area contributed by atoms with Crippen molar-refractivity contribution in [2.24, 2.45) is 0 Å². The number of likely N-dealkylation sites (tertiary alicyclic amines) is 1. The minimum absolute atomic E-state index is 0.0527. The van der Waals surface area contributed by atoms with Gasteiger partial charge in [0, 0.05) is 33.0 Å². The van der Waals surface area contributed by atoms with Crippen molar-refractivity contribution in [2.45, 2.75) is 18.9 Å². The second-order valence-electron chi connectivity index (χ2n) is 5.69. The molecular weight excluding hydrogens is 312 g/mol. The minimum atomic E-state index is -0.0527. The molecule has 23 heavy (non-hydrogen) atoms. The molecule has 0 aromatic carbocycles. The number of piperidine rings is 1. The highest BCUT2D eigenvalue weighted by Crippen LogP contribution is 2.25. The van der Waals surface area contributed by atoms with Crippen molar-refractivity contribution in [2.75, 3.05) is 32.1 Å². The normalized spacial score (nSPS) is 17.8. The van der Waals surface area contributed by atoms with Crippen molar-refractivity contribution in [1.82, 2.24) is 14.9 Å². The summed E-state index contributed by atoms with van der Waals surface area (Å²) in [6.45, 7) is 1.36. The fourth-order valence-electron chi connectivity index (χ4n) is 2.64. The van der Waals surface area contributed by atoms with Gasteiger partial charge in [-0.2, -0.15) is 0 Å². The maximum Gasteiger partial charge on any atom is 0.264 e. The minimum Gasteiger partial charge on any atom is -0.470 e. The Kier molecular flexibility index (Phi) is 4.76. The Morgan fingerprint density at radius 3 is 2.96 bits per heavy atom. The van der Waals surface area contributed by atoms with E-state index in [1.165, 1.54) is 11.3 Å². The molecule has 1 fully saturated rings. The maximum absolute atomic E-state index is 12.5. The summed E-state index contributed by atoms with van der Waals surface area (Å²) in [5.41, 5.74) is 0. The number of aromatic nitrogens is 2. The highest BCUT2D eigenvalue weighted by Gasteiger charge is 2.27. The zero-order valence-corrected chi connectivity index (χ0v) is 14.1. The summed E-state index contributed by atoms with van der Waals surface area (Å²) >= 11 is 1.48. The van der Waals surface area contributed by atoms with Gasteiger partial charge in [0.25, 0.3) is 11.8 Å². The summed E-state index contributed by atoms with van der Waals surface area (Å²) in [5, 5.41) is 1.92. The Morgan fingerprint density at radius 2 is 2.22 bits per heavy atom. The van der Waals surface area contributed by atoms with E-state index in [-0.39, 0.29) is 12.0 Å². The number of carbonyl (C=O) groups excluding carboxylic acids is 1. The second kappa shape index (κ2) is 6.95. The number of amides is 1. The molecule has 7 heteroatoms. The van der Waals surface area contributed by atoms with Crippen LogP contribution in [0.3, 0.4) is 0 Å². The average Bonchev–Trinajstić information content (AvgIpc) is 3.09. The van der Waals surface area contributed by atoms with Crippen molar-refractivity contribution in [3.63, 3.8) is 0 Å². The molecule has 122 valence electrons. The third kappa shape index (κ3) is 3.61. The van der Waals surface area contributed by atoms with Gasteiger partial charge in [0.2, 0.25) is 0 Å². The van der Waals surface area contributed by atoms with Gasteiger partial charge >= 0.3 is 0 Å². The Balaban J connectivity index is 1.69. The first-order valence-corrected chi connectivity index (χ1v) is 8.51. The number of hydrogen-bond donors (Lipinski definition) is 0. The molecule has 2 aromatic rings. The molecule has 3 heterocycles. The Labute approximate surface area is 139 Å². The highest BCUT2D eigenvalue weighted by molar-refractivity contribution is 7.12. The quantitative estimate of drug-likeness (QED) is 0.860. The molecule has 0 saturated carbocycles. The Bertz CT molecular complexity index is 660. The van der Waals surface area contributed by atoms with E-state index in [1.807, 2.05) is 41.4 Å². The molecule has 1 saturated heterocycles. The summed E-state index contributed by atoms with van der Waals surface area (Å²) in [6, 6.07) is 3.77. The number of thiophene rings is 1. The van der Waals surface area contributed by atoms with E-state index < -0.39 is 0 Å². The second-order valence-corrected chi connectivity index (χ2v) is 6.64. The number of carbonyl (C=O) groups is 1. The number of ether oxygens (including phenoxy) is 1. The van der Waals surface area contributed by atoms with Gasteiger partial charge < -0.3 is 14.5 Å². The average molecular weight is 332 g/mol. The van der Waals surface area contributed by atoms with Crippen molar-refractivity contribution in [3.8, 4) is 5.88 Å². The fourth-order valence-corrected chi connectivity index (χ4v) is 3.33. The largest absolute Gasteiger partial charge is 0.470 e. The topological polar surface area (TPSA) is 58.6 Å². The van der Waals surface area contributed by atoms with Crippen LogP contribution in [0.25, 0.3) is 0 Å². The molecule has 0 spiro atoms. The zero-order valence-electron chi connectivity index (χ0n) is 13.3. The number of rotatable bonds is 4. The lowest BCUT2D eigenvalue weighted by Gasteiger charge is -2.32. The maximum atomic E-state index is 12.5. The molecule has 0 bridgehead atoms. The Hall–Kier alpha value is -2.15. The molecular formula is C16H20N4O2S. The van der Waals surface area contributed by atoms with E-state index in [0.29, 0.717) is 18.2 Å². The third-order valence-corrected chi connectivity index (χ3v) is 4.60. The molecule has 1 amide bonds. The fraction of sp³-hybridized carbons (Fsp3) is 0.438. The van der Waals surface area contributed by atoms with Crippen LogP contribution in [0.4, 0.5) is 5.82 Å². The van der Waals surface area contributed by atoms with Crippen LogP contribution < -0.4 is 9.64 Å². The molecule has 0 N–H and O–H groups in total. The smallest absolute Gasteiger partial charge is 0.264 e. The molecule has 1 aliphatic heterocycles. The number of nitrogens with zero attached hydrogens (tertiary/aromatic N) is 4. The predicted molar refractivity (Wildman–Crippen MR) is 90.2 cm³/mol. The van der Waals surface area contributed by atoms with Crippen molar-refractivity contribution >= 4 is 23.1 Å². The first-order valence-electron chi connectivity index (χ1n) is 7.63. The summed E-state index contributed by atoms with van der Waals surface area (Å²) in [5.74, 6) is 1.31. The van der Waals surface area contributed by atoms with Crippen molar-refractivity contribution in [1.29, 1.82) is 0 Å². The van der Waals surface area contributed by atoms with Gasteiger partial charge in [0.15, 0.2) is 5.82 Å². The molecule has 1 atom stereocenters. The lowest BCUT2D eigenvalue weighted by Crippen LogP contribution is -2.44. The molecule has 2 aromatic heterocycles. The summed E-state index contributed by atoms with van der Waals surface area (Å²) < 4.78 is 6.04. The standard InChI is InChI=1S/C16H20N4O2S/c1-19(2)14-15(18-8-7-17-14)22-12-5-3-9-20(11-12)16(21)13-6-4-10-23-13/h4,6-8,10,12H,3,5,9,11H2,1-2H3. The van der Waals surface area contributed by atoms with Crippen LogP contribution in [-0.2, 0) is 0 Å². The number of anilines is 1. The summed E-state index contributed by atoms with van der Waals surface area (Å²) in [6.07, 6.45) is 5.06. The first kappa shape index (κ1) is 15.7. The van der Waals surface area contributed by atoms with Gasteiger partial charge in [-0.25, -0.2) is 9.97 Å². The van der Waals surface area contributed by atoms with Crippen molar-refractivity contribution in [3.05, 3.63) is 34.8 Å². The number of hydrogen-bond acceptors (Lipinski definition) is 6. The van der Waals surface area contributed by atoms with Crippen LogP contribution >= 0.6 is 11.3 Å². The molecule has 1 aliphatic rings. The van der Waals surface area contributed by atoms with Gasteiger partial charge in [0.05, 0.1) is 11.4 Å². The zero-order chi connectivity index (χ0) is 16.2. The van der Waals surface area contributed by atoms with E-state index in [0.717, 1.165) is 24.3 Å². The van der Waals surface area contributed by atoms with Crippen LogP contribution in [0.15, 0.2) is 29.9 Å². The van der Waals surface area contributed by atoms with Crippen LogP contribution in [0.1, 0.15) is 22.5 Å². The van der Waals surface area contributed by atoms with E-state index in [1.54, 1.807) is 12.4 Å². The monoisotopic (exact) mass is 332 g/mol. The van der Waals surface area contributed by atoms with Crippen LogP contribution in [0, 0.1) is 0 Å². The summed E-state index contributed by atoms with van der Waals surface area (Å²) in [4.78, 5) is 25.6. The van der Waals surface area contributed by atoms with E-state index in [4.69, 9.17) is 4.74 Å². The van der Waals surface area contributed by atoms with E-state index in [9.17, 15) is 4.79 Å². The van der Waals surface area contributed by atoms with Crippen LogP contribution in [-0.4, -0.2) is 54.1 Å². The molecule has 6 nitrogen and oxygen atoms in total. The van der Waals surface area contributed by atoms with Gasteiger partial charge in [0.1, 0.15) is 6.10 Å². The summed E-state index contributed by atoms with van der Waals surface area (Å²) in [7, 11) is 3.81. The lowest BCUT2D eigenvalue weighted by molar-refractivity contribution is 0.0532. The Morgan fingerprint density at radius 1 is 1.39 bits per heavy atom. The van der Waals surface area contributed by atoms with E-state index in [2.05, 4.69) is 9.97 Å². The van der Waals surface area contributed by atoms with Crippen molar-refractivity contribution < 1.29 is 9.53 Å².